The van der Waals surface area contributed by atoms with E-state index in [1.807, 2.05) is 33.5 Å². The molecule has 4 nitrogen and oxygen atoms in total. The predicted molar refractivity (Wildman–Crippen MR) is 48.7 cm³/mol. The average molecular weight is 168 g/mol. The monoisotopic (exact) mass is 168 g/mol. The summed E-state index contributed by atoms with van der Waals surface area (Å²) in [4.78, 5) is 2.07. The van der Waals surface area contributed by atoms with Crippen LogP contribution in [0.4, 0.5) is 0 Å². The molecule has 0 aliphatic rings. The highest BCUT2D eigenvalue weighted by Gasteiger charge is 2.07. The Hall–Kier alpha value is -0.870. The Labute approximate surface area is 73.0 Å². The fourth-order valence-electron chi connectivity index (χ4n) is 1.13. The van der Waals surface area contributed by atoms with E-state index < -0.39 is 0 Å². The van der Waals surface area contributed by atoms with E-state index in [0.29, 0.717) is 0 Å². The Balaban J connectivity index is 2.58. The molecule has 4 heteroatoms. The third kappa shape index (κ3) is 2.32. The maximum absolute atomic E-state index is 5.91. The first-order valence-electron chi connectivity index (χ1n) is 3.98. The normalized spacial score (nSPS) is 13.8. The van der Waals surface area contributed by atoms with Crippen LogP contribution in [0.5, 0.6) is 0 Å². The summed E-state index contributed by atoms with van der Waals surface area (Å²) in [6.45, 7) is 0.853. The second kappa shape index (κ2) is 3.69. The number of hydrogen-bond acceptors (Lipinski definition) is 3. The minimum Gasteiger partial charge on any atom is -0.323 e. The molecule has 2 N–H and O–H groups in total. The van der Waals surface area contributed by atoms with Gasteiger partial charge in [0.15, 0.2) is 0 Å². The quantitative estimate of drug-likeness (QED) is 0.690. The number of hydrogen-bond donors (Lipinski definition) is 1. The van der Waals surface area contributed by atoms with Crippen LogP contribution in [0.3, 0.4) is 0 Å². The van der Waals surface area contributed by atoms with Crippen LogP contribution in [0.1, 0.15) is 11.6 Å². The first-order valence-corrected chi connectivity index (χ1v) is 3.98. The lowest BCUT2D eigenvalue weighted by Gasteiger charge is -2.14. The van der Waals surface area contributed by atoms with Gasteiger partial charge < -0.3 is 10.6 Å². The molecular formula is C8H16N4. The highest BCUT2D eigenvalue weighted by Crippen LogP contribution is 2.08. The summed E-state index contributed by atoms with van der Waals surface area (Å²) < 4.78 is 1.77. The number of nitrogens with zero attached hydrogens (tertiary/aromatic N) is 3. The summed E-state index contributed by atoms with van der Waals surface area (Å²) in [6, 6.07) is 0.0636. The van der Waals surface area contributed by atoms with E-state index in [-0.39, 0.29) is 6.04 Å². The minimum atomic E-state index is 0.0636. The van der Waals surface area contributed by atoms with Crippen molar-refractivity contribution in [2.45, 2.75) is 6.04 Å². The maximum atomic E-state index is 5.91. The highest BCUT2D eigenvalue weighted by atomic mass is 15.2. The standard InChI is InChI=1S/C8H16N4/c1-11(2)6-8(9)7-4-10-12(3)5-7/h4-5,8H,6,9H2,1-3H3. The van der Waals surface area contributed by atoms with Crippen LogP contribution in [-0.4, -0.2) is 35.3 Å². The van der Waals surface area contributed by atoms with Gasteiger partial charge in [0.05, 0.1) is 6.20 Å². The summed E-state index contributed by atoms with van der Waals surface area (Å²) >= 11 is 0. The van der Waals surface area contributed by atoms with Crippen molar-refractivity contribution in [3.63, 3.8) is 0 Å². The third-order valence-corrected chi connectivity index (χ3v) is 1.71. The number of likely N-dealkylation sites (N-methyl/N-ethyl adjacent to an activating group) is 1. The van der Waals surface area contributed by atoms with Crippen LogP contribution in [-0.2, 0) is 7.05 Å². The van der Waals surface area contributed by atoms with Gasteiger partial charge in [-0.1, -0.05) is 0 Å². The van der Waals surface area contributed by atoms with Crippen molar-refractivity contribution in [1.29, 1.82) is 0 Å². The first-order chi connectivity index (χ1) is 5.59. The van der Waals surface area contributed by atoms with Crippen LogP contribution in [0, 0.1) is 0 Å². The summed E-state index contributed by atoms with van der Waals surface area (Å²) in [5.74, 6) is 0. The van der Waals surface area contributed by atoms with E-state index in [4.69, 9.17) is 5.73 Å². The maximum Gasteiger partial charge on any atom is 0.0537 e. The second-order valence-corrected chi connectivity index (χ2v) is 3.32. The van der Waals surface area contributed by atoms with Crippen molar-refractivity contribution >= 4 is 0 Å². The molecular weight excluding hydrogens is 152 g/mol. The van der Waals surface area contributed by atoms with Crippen LogP contribution < -0.4 is 5.73 Å². The van der Waals surface area contributed by atoms with E-state index >= 15 is 0 Å². The molecule has 1 unspecified atom stereocenters. The molecule has 0 aromatic carbocycles. The zero-order valence-corrected chi connectivity index (χ0v) is 7.86. The smallest absolute Gasteiger partial charge is 0.0537 e. The van der Waals surface area contributed by atoms with Crippen molar-refractivity contribution in [3.05, 3.63) is 18.0 Å². The predicted octanol–water partition coefficient (Wildman–Crippen LogP) is -0.0185. The SMILES string of the molecule is CN(C)CC(N)c1cnn(C)c1. The highest BCUT2D eigenvalue weighted by molar-refractivity contribution is 5.09. The Kier molecular flexibility index (Phi) is 2.83. The van der Waals surface area contributed by atoms with Gasteiger partial charge in [0.25, 0.3) is 0 Å². The van der Waals surface area contributed by atoms with Gasteiger partial charge >= 0.3 is 0 Å². The molecule has 0 spiro atoms. The number of aryl methyl sites for hydroxylation is 1. The molecule has 0 saturated carbocycles. The lowest BCUT2D eigenvalue weighted by Crippen LogP contribution is -2.25. The van der Waals surface area contributed by atoms with Gasteiger partial charge in [-0.05, 0) is 14.1 Å². The Morgan fingerprint density at radius 1 is 1.67 bits per heavy atom. The second-order valence-electron chi connectivity index (χ2n) is 3.32. The summed E-state index contributed by atoms with van der Waals surface area (Å²) in [5.41, 5.74) is 7.00. The van der Waals surface area contributed by atoms with Gasteiger partial charge in [-0.25, -0.2) is 0 Å². The van der Waals surface area contributed by atoms with E-state index in [0.717, 1.165) is 12.1 Å². The molecule has 1 aromatic heterocycles. The number of nitrogens with two attached hydrogens (primary N) is 1. The molecule has 0 bridgehead atoms. The van der Waals surface area contributed by atoms with Crippen molar-refractivity contribution in [2.75, 3.05) is 20.6 Å². The minimum absolute atomic E-state index is 0.0636. The Bertz CT molecular complexity index is 241. The van der Waals surface area contributed by atoms with E-state index in [1.54, 1.807) is 4.68 Å². The van der Waals surface area contributed by atoms with Gasteiger partial charge in [0, 0.05) is 31.4 Å². The van der Waals surface area contributed by atoms with Crippen molar-refractivity contribution < 1.29 is 0 Å². The van der Waals surface area contributed by atoms with Gasteiger partial charge in [-0.2, -0.15) is 5.10 Å². The summed E-state index contributed by atoms with van der Waals surface area (Å²) in [6.07, 6.45) is 3.77. The molecule has 0 radical (unpaired) electrons. The van der Waals surface area contributed by atoms with Gasteiger partial charge in [0.2, 0.25) is 0 Å². The topological polar surface area (TPSA) is 47.1 Å². The molecule has 12 heavy (non-hydrogen) atoms. The zero-order valence-electron chi connectivity index (χ0n) is 7.86. The van der Waals surface area contributed by atoms with Crippen LogP contribution >= 0.6 is 0 Å². The fraction of sp³-hybridized carbons (Fsp3) is 0.625. The first kappa shape index (κ1) is 9.22. The van der Waals surface area contributed by atoms with Crippen molar-refractivity contribution in [2.24, 2.45) is 12.8 Å². The Morgan fingerprint density at radius 3 is 2.75 bits per heavy atom. The van der Waals surface area contributed by atoms with E-state index in [1.165, 1.54) is 0 Å². The largest absolute Gasteiger partial charge is 0.323 e. The zero-order chi connectivity index (χ0) is 9.14. The molecule has 1 atom stereocenters. The molecule has 0 amide bonds. The molecule has 1 aromatic rings. The Morgan fingerprint density at radius 2 is 2.33 bits per heavy atom. The number of aromatic nitrogens is 2. The molecule has 0 saturated heterocycles. The van der Waals surface area contributed by atoms with Crippen molar-refractivity contribution in [3.8, 4) is 0 Å². The average Bonchev–Trinajstić information content (AvgIpc) is 2.34. The van der Waals surface area contributed by atoms with Gasteiger partial charge in [-0.3, -0.25) is 4.68 Å². The molecule has 1 heterocycles. The third-order valence-electron chi connectivity index (χ3n) is 1.71. The molecule has 0 fully saturated rings. The van der Waals surface area contributed by atoms with Crippen molar-refractivity contribution in [1.82, 2.24) is 14.7 Å². The van der Waals surface area contributed by atoms with Crippen LogP contribution in [0.25, 0.3) is 0 Å². The fourth-order valence-corrected chi connectivity index (χ4v) is 1.13. The summed E-state index contributed by atoms with van der Waals surface area (Å²) in [5, 5.41) is 4.06. The molecule has 68 valence electrons. The van der Waals surface area contributed by atoms with E-state index in [2.05, 4.69) is 10.00 Å². The molecule has 1 rings (SSSR count). The van der Waals surface area contributed by atoms with Crippen LogP contribution in [0.2, 0.25) is 0 Å². The van der Waals surface area contributed by atoms with Gasteiger partial charge in [0.1, 0.15) is 0 Å². The summed E-state index contributed by atoms with van der Waals surface area (Å²) in [7, 11) is 5.92. The van der Waals surface area contributed by atoms with E-state index in [9.17, 15) is 0 Å². The number of rotatable bonds is 3. The van der Waals surface area contributed by atoms with Gasteiger partial charge in [-0.15, -0.1) is 0 Å². The molecule has 0 aliphatic carbocycles. The lowest BCUT2D eigenvalue weighted by molar-refractivity contribution is 0.376. The molecule has 0 aliphatic heterocycles. The van der Waals surface area contributed by atoms with Crippen LogP contribution in [0.15, 0.2) is 12.4 Å². The lowest BCUT2D eigenvalue weighted by atomic mass is 10.2.